The molecule has 6 nitrogen and oxygen atoms in total. The number of esters is 1. The Bertz CT molecular complexity index is 1110. The van der Waals surface area contributed by atoms with Crippen LogP contribution in [0, 0.1) is 6.92 Å². The minimum atomic E-state index is -0.696. The van der Waals surface area contributed by atoms with Crippen LogP contribution in [0.25, 0.3) is 22.1 Å². The number of aryl methyl sites for hydroxylation is 1. The summed E-state index contributed by atoms with van der Waals surface area (Å²) in [5.74, 6) is -0.417. The highest BCUT2D eigenvalue weighted by molar-refractivity contribution is 5.95. The molecule has 1 aromatic heterocycles. The zero-order chi connectivity index (χ0) is 23.9. The van der Waals surface area contributed by atoms with E-state index in [2.05, 4.69) is 5.32 Å². The minimum absolute atomic E-state index is 0.139. The van der Waals surface area contributed by atoms with Crippen molar-refractivity contribution in [3.05, 3.63) is 64.5 Å². The summed E-state index contributed by atoms with van der Waals surface area (Å²) in [4.78, 5) is 24.7. The van der Waals surface area contributed by atoms with Crippen LogP contribution < -0.4 is 10.9 Å². The number of hydrogen-bond acceptors (Lipinski definition) is 6. The summed E-state index contributed by atoms with van der Waals surface area (Å²) in [5, 5.41) is 3.94. The van der Waals surface area contributed by atoms with Gasteiger partial charge in [0.25, 0.3) is 0 Å². The first kappa shape index (κ1) is 25.1. The zero-order valence-corrected chi connectivity index (χ0v) is 19.9. The smallest absolute Gasteiger partial charge is 0.336 e. The van der Waals surface area contributed by atoms with E-state index in [1.165, 1.54) is 13.2 Å². The molecule has 0 saturated carbocycles. The van der Waals surface area contributed by atoms with E-state index in [1.807, 2.05) is 77.9 Å². The maximum atomic E-state index is 12.5. The third kappa shape index (κ3) is 6.44. The number of anilines is 1. The van der Waals surface area contributed by atoms with Crippen molar-refractivity contribution in [2.24, 2.45) is 0 Å². The van der Waals surface area contributed by atoms with E-state index in [4.69, 9.17) is 13.9 Å². The maximum absolute atomic E-state index is 12.5. The summed E-state index contributed by atoms with van der Waals surface area (Å²) in [6.45, 7) is 11.6. The van der Waals surface area contributed by atoms with Crippen molar-refractivity contribution in [2.45, 2.75) is 53.2 Å². The van der Waals surface area contributed by atoms with Gasteiger partial charge >= 0.3 is 11.6 Å². The second-order valence-corrected chi connectivity index (χ2v) is 8.19. The molecule has 0 amide bonds. The minimum Gasteiger partial charge on any atom is -0.458 e. The topological polar surface area (TPSA) is 77.8 Å². The van der Waals surface area contributed by atoms with Crippen LogP contribution in [-0.2, 0) is 14.3 Å². The lowest BCUT2D eigenvalue weighted by molar-refractivity contribution is -0.156. The van der Waals surface area contributed by atoms with E-state index >= 15 is 0 Å². The van der Waals surface area contributed by atoms with Gasteiger partial charge in [-0.2, -0.15) is 0 Å². The molecule has 0 aliphatic rings. The Morgan fingerprint density at radius 2 is 1.75 bits per heavy atom. The third-order valence-electron chi connectivity index (χ3n) is 4.55. The van der Waals surface area contributed by atoms with Crippen LogP contribution in [-0.4, -0.2) is 31.3 Å². The van der Waals surface area contributed by atoms with Gasteiger partial charge in [0.05, 0.1) is 6.61 Å². The second-order valence-electron chi connectivity index (χ2n) is 8.19. The summed E-state index contributed by atoms with van der Waals surface area (Å²) in [5.41, 5.74) is 2.87. The van der Waals surface area contributed by atoms with Crippen LogP contribution >= 0.6 is 0 Å². The molecule has 0 radical (unpaired) electrons. The first-order valence-electron chi connectivity index (χ1n) is 10.8. The Morgan fingerprint density at radius 3 is 2.38 bits per heavy atom. The van der Waals surface area contributed by atoms with Crippen LogP contribution in [0.2, 0.25) is 0 Å². The Kier molecular flexibility index (Phi) is 8.61. The lowest BCUT2D eigenvalue weighted by Gasteiger charge is -2.24. The van der Waals surface area contributed by atoms with E-state index in [-0.39, 0.29) is 6.61 Å². The van der Waals surface area contributed by atoms with Crippen LogP contribution in [0.15, 0.2) is 57.7 Å². The molecule has 32 heavy (non-hydrogen) atoms. The van der Waals surface area contributed by atoms with Crippen LogP contribution in [0.4, 0.5) is 5.69 Å². The highest BCUT2D eigenvalue weighted by atomic mass is 16.6. The van der Waals surface area contributed by atoms with Crippen LogP contribution in [0.1, 0.15) is 40.2 Å². The molecule has 1 heterocycles. The monoisotopic (exact) mass is 439 g/mol. The largest absolute Gasteiger partial charge is 0.458 e. The third-order valence-corrected chi connectivity index (χ3v) is 4.55. The maximum Gasteiger partial charge on any atom is 0.336 e. The molecule has 0 aliphatic carbocycles. The van der Waals surface area contributed by atoms with Gasteiger partial charge in [-0.05, 0) is 51.0 Å². The quantitative estimate of drug-likeness (QED) is 0.400. The van der Waals surface area contributed by atoms with Crippen molar-refractivity contribution in [1.82, 2.24) is 0 Å². The van der Waals surface area contributed by atoms with Gasteiger partial charge in [0.15, 0.2) is 0 Å². The Hall–Kier alpha value is -3.12. The number of nitrogens with one attached hydrogen (secondary N) is 1. The number of hydrogen-bond donors (Lipinski definition) is 1. The average molecular weight is 440 g/mol. The fourth-order valence-corrected chi connectivity index (χ4v) is 3.26. The number of methoxy groups -OCH3 is 1. The number of benzene rings is 2. The van der Waals surface area contributed by atoms with Gasteiger partial charge in [0, 0.05) is 35.9 Å². The number of fused-ring (bicyclic) bond motifs is 1. The summed E-state index contributed by atoms with van der Waals surface area (Å²) >= 11 is 0. The summed E-state index contributed by atoms with van der Waals surface area (Å²) < 4.78 is 16.1. The molecule has 0 fully saturated rings. The normalized spacial score (nSPS) is 12.0. The number of rotatable bonds is 6. The Balaban J connectivity index is 0.00000176. The molecule has 2 aromatic carbocycles. The predicted molar refractivity (Wildman–Crippen MR) is 129 cm³/mol. The number of carbonyl (C=O) groups excluding carboxylic acids is 1. The molecule has 0 saturated heterocycles. The fraction of sp³-hybridized carbons (Fsp3) is 0.385. The number of carbonyl (C=O) groups is 1. The Morgan fingerprint density at radius 1 is 1.06 bits per heavy atom. The van der Waals surface area contributed by atoms with E-state index in [0.717, 1.165) is 22.1 Å². The van der Waals surface area contributed by atoms with Crippen molar-refractivity contribution in [3.8, 4) is 11.1 Å². The van der Waals surface area contributed by atoms with E-state index < -0.39 is 23.2 Å². The first-order valence-corrected chi connectivity index (χ1v) is 10.8. The highest BCUT2D eigenvalue weighted by Gasteiger charge is 2.25. The van der Waals surface area contributed by atoms with E-state index in [9.17, 15) is 9.59 Å². The fourth-order valence-electron chi connectivity index (χ4n) is 3.26. The lowest BCUT2D eigenvalue weighted by atomic mass is 9.98. The van der Waals surface area contributed by atoms with E-state index in [1.54, 1.807) is 6.07 Å². The van der Waals surface area contributed by atoms with Gasteiger partial charge in [-0.15, -0.1) is 0 Å². The second kappa shape index (κ2) is 11.0. The highest BCUT2D eigenvalue weighted by Crippen LogP contribution is 2.31. The molecule has 172 valence electrons. The van der Waals surface area contributed by atoms with Gasteiger partial charge in [0.2, 0.25) is 0 Å². The zero-order valence-electron chi connectivity index (χ0n) is 19.9. The van der Waals surface area contributed by atoms with Gasteiger partial charge in [-0.25, -0.2) is 9.59 Å². The molecule has 1 unspecified atom stereocenters. The molecule has 0 spiro atoms. The molecule has 3 aromatic rings. The van der Waals surface area contributed by atoms with Crippen molar-refractivity contribution in [1.29, 1.82) is 0 Å². The van der Waals surface area contributed by atoms with Crippen molar-refractivity contribution in [2.75, 3.05) is 19.0 Å². The molecule has 3 rings (SSSR count). The van der Waals surface area contributed by atoms with Crippen molar-refractivity contribution >= 4 is 22.6 Å². The van der Waals surface area contributed by atoms with Crippen LogP contribution in [0.3, 0.4) is 0 Å². The van der Waals surface area contributed by atoms with Gasteiger partial charge in [-0.3, -0.25) is 0 Å². The summed E-state index contributed by atoms with van der Waals surface area (Å²) in [7, 11) is 1.52. The molecule has 6 heteroatoms. The van der Waals surface area contributed by atoms with E-state index in [0.29, 0.717) is 11.3 Å². The average Bonchev–Trinajstić information content (AvgIpc) is 2.73. The summed E-state index contributed by atoms with van der Waals surface area (Å²) in [6.07, 6.45) is 0. The standard InChI is InChI=1S/C24H27NO5.C2H6/c1-15-8-6-7-9-17(15)19-13-22(26)29-21-12-16(10-11-18(19)21)25-20(14-28-5)23(27)30-24(2,3)4;1-2/h6-13,20,25H,14H2,1-5H3;1-2H3. The lowest BCUT2D eigenvalue weighted by Crippen LogP contribution is -2.39. The first-order chi connectivity index (χ1) is 15.2. The van der Waals surface area contributed by atoms with Gasteiger partial charge < -0.3 is 19.2 Å². The Labute approximate surface area is 189 Å². The molecule has 1 atom stereocenters. The van der Waals surface area contributed by atoms with Gasteiger partial charge in [0.1, 0.15) is 17.2 Å². The molecule has 1 N–H and O–H groups in total. The predicted octanol–water partition coefficient (Wildman–Crippen LogP) is 5.56. The molecular weight excluding hydrogens is 406 g/mol. The molecular formula is C26H33NO5. The van der Waals surface area contributed by atoms with Crippen LogP contribution in [0.5, 0.6) is 0 Å². The SMILES string of the molecule is CC.COCC(Nc1ccc2c(-c3ccccc3C)cc(=O)oc2c1)C(=O)OC(C)(C)C. The molecule has 0 bridgehead atoms. The van der Waals surface area contributed by atoms with Crippen molar-refractivity contribution in [3.63, 3.8) is 0 Å². The van der Waals surface area contributed by atoms with Crippen molar-refractivity contribution < 1.29 is 18.7 Å². The number of ether oxygens (including phenoxy) is 2. The summed E-state index contributed by atoms with van der Waals surface area (Å²) in [6, 6.07) is 14.1. The molecule has 0 aliphatic heterocycles. The van der Waals surface area contributed by atoms with Gasteiger partial charge in [-0.1, -0.05) is 38.1 Å².